The van der Waals surface area contributed by atoms with Gasteiger partial charge < -0.3 is 19.3 Å². The number of benzene rings is 1. The van der Waals surface area contributed by atoms with E-state index in [1.165, 1.54) is 7.11 Å². The Bertz CT molecular complexity index is 442. The molecule has 0 aliphatic rings. The molecule has 0 saturated heterocycles. The van der Waals surface area contributed by atoms with Crippen LogP contribution in [0.5, 0.6) is 11.5 Å². The van der Waals surface area contributed by atoms with Crippen LogP contribution in [0.3, 0.4) is 0 Å². The summed E-state index contributed by atoms with van der Waals surface area (Å²) in [5, 5.41) is 9.55. The van der Waals surface area contributed by atoms with Crippen LogP contribution in [0.4, 0.5) is 0 Å². The molecule has 0 amide bonds. The Morgan fingerprint density at radius 2 is 2.00 bits per heavy atom. The summed E-state index contributed by atoms with van der Waals surface area (Å²) in [6.07, 6.45) is -0.758. The van der Waals surface area contributed by atoms with Gasteiger partial charge in [0, 0.05) is 0 Å². The van der Waals surface area contributed by atoms with Gasteiger partial charge in [-0.25, -0.2) is 4.79 Å². The molecule has 0 saturated carbocycles. The van der Waals surface area contributed by atoms with Crippen LogP contribution < -0.4 is 9.47 Å². The van der Waals surface area contributed by atoms with Crippen molar-refractivity contribution in [2.45, 2.75) is 39.4 Å². The number of methoxy groups -OCH3 is 1. The number of rotatable bonds is 7. The maximum absolute atomic E-state index is 11.7. The molecule has 5 heteroatoms. The molecule has 1 aromatic carbocycles. The van der Waals surface area contributed by atoms with Crippen LogP contribution in [-0.2, 0) is 9.53 Å². The maximum atomic E-state index is 11.7. The highest BCUT2D eigenvalue weighted by Crippen LogP contribution is 2.31. The molecule has 5 nitrogen and oxygen atoms in total. The Morgan fingerprint density at radius 3 is 2.50 bits per heavy atom. The Balaban J connectivity index is 2.92. The predicted octanol–water partition coefficient (Wildman–Crippen LogP) is 2.47. The molecule has 2 atom stereocenters. The van der Waals surface area contributed by atoms with Crippen molar-refractivity contribution in [2.24, 2.45) is 0 Å². The third-order valence-corrected chi connectivity index (χ3v) is 2.86. The van der Waals surface area contributed by atoms with E-state index in [4.69, 9.17) is 14.2 Å². The van der Waals surface area contributed by atoms with Crippen molar-refractivity contribution in [1.29, 1.82) is 0 Å². The lowest BCUT2D eigenvalue weighted by atomic mass is 10.1. The van der Waals surface area contributed by atoms with E-state index in [2.05, 4.69) is 0 Å². The van der Waals surface area contributed by atoms with Gasteiger partial charge in [-0.2, -0.15) is 0 Å². The fourth-order valence-corrected chi connectivity index (χ4v) is 1.73. The molecule has 0 radical (unpaired) electrons. The largest absolute Gasteiger partial charge is 0.493 e. The minimum Gasteiger partial charge on any atom is -0.493 e. The van der Waals surface area contributed by atoms with E-state index in [9.17, 15) is 9.90 Å². The molecule has 1 N–H and O–H groups in total. The van der Waals surface area contributed by atoms with Gasteiger partial charge in [0.25, 0.3) is 0 Å². The number of esters is 1. The molecular weight excluding hydrogens is 260 g/mol. The minimum absolute atomic E-state index is 0.316. The summed E-state index contributed by atoms with van der Waals surface area (Å²) in [4.78, 5) is 11.7. The molecule has 0 heterocycles. The lowest BCUT2D eigenvalue weighted by molar-refractivity contribution is -0.151. The molecule has 0 aliphatic heterocycles. The summed E-state index contributed by atoms with van der Waals surface area (Å²) in [5.74, 6) is 0.541. The van der Waals surface area contributed by atoms with Crippen LogP contribution in [-0.4, -0.2) is 30.9 Å². The molecule has 0 aromatic heterocycles. The molecule has 1 rings (SSSR count). The highest BCUT2D eigenvalue weighted by Gasteiger charge is 2.21. The summed E-state index contributed by atoms with van der Waals surface area (Å²) in [5.41, 5.74) is 0.721. The van der Waals surface area contributed by atoms with Gasteiger partial charge >= 0.3 is 5.97 Å². The number of ether oxygens (including phenoxy) is 3. The number of aliphatic hydroxyl groups excluding tert-OH is 1. The monoisotopic (exact) mass is 282 g/mol. The van der Waals surface area contributed by atoms with E-state index in [0.717, 1.165) is 5.56 Å². The topological polar surface area (TPSA) is 65.0 Å². The van der Waals surface area contributed by atoms with Crippen LogP contribution in [0.25, 0.3) is 0 Å². The van der Waals surface area contributed by atoms with E-state index < -0.39 is 18.2 Å². The van der Waals surface area contributed by atoms with Crippen LogP contribution in [0.1, 0.15) is 38.9 Å². The summed E-state index contributed by atoms with van der Waals surface area (Å²) in [7, 11) is 1.51. The van der Waals surface area contributed by atoms with E-state index in [1.807, 2.05) is 6.92 Å². The summed E-state index contributed by atoms with van der Waals surface area (Å²) in [6.45, 7) is 5.58. The van der Waals surface area contributed by atoms with Crippen molar-refractivity contribution in [2.75, 3.05) is 13.7 Å². The van der Waals surface area contributed by atoms with Crippen LogP contribution >= 0.6 is 0 Å². The molecule has 112 valence electrons. The summed E-state index contributed by atoms with van der Waals surface area (Å²) in [6, 6.07) is 5.11. The molecule has 0 aliphatic carbocycles. The number of carbonyl (C=O) groups is 1. The minimum atomic E-state index is -0.666. The fraction of sp³-hybridized carbons (Fsp3) is 0.533. The van der Waals surface area contributed by atoms with E-state index in [-0.39, 0.29) is 0 Å². The molecular formula is C15H22O5. The molecule has 0 fully saturated rings. The first kappa shape index (κ1) is 16.3. The van der Waals surface area contributed by atoms with Crippen molar-refractivity contribution in [3.8, 4) is 11.5 Å². The number of hydrogen-bond donors (Lipinski definition) is 1. The normalized spacial score (nSPS) is 13.4. The lowest BCUT2D eigenvalue weighted by Gasteiger charge is -2.18. The van der Waals surface area contributed by atoms with E-state index in [0.29, 0.717) is 24.5 Å². The zero-order valence-corrected chi connectivity index (χ0v) is 12.4. The predicted molar refractivity (Wildman–Crippen MR) is 75.0 cm³/mol. The summed E-state index contributed by atoms with van der Waals surface area (Å²) < 4.78 is 15.8. The highest BCUT2D eigenvalue weighted by molar-refractivity contribution is 5.75. The van der Waals surface area contributed by atoms with Gasteiger partial charge in [-0.3, -0.25) is 0 Å². The van der Waals surface area contributed by atoms with Crippen molar-refractivity contribution < 1.29 is 24.1 Å². The van der Waals surface area contributed by atoms with E-state index in [1.54, 1.807) is 32.0 Å². The molecule has 0 bridgehead atoms. The van der Waals surface area contributed by atoms with Gasteiger partial charge in [0.2, 0.25) is 0 Å². The van der Waals surface area contributed by atoms with Crippen molar-refractivity contribution in [3.05, 3.63) is 23.8 Å². The third kappa shape index (κ3) is 4.13. The van der Waals surface area contributed by atoms with Gasteiger partial charge in [0.1, 0.15) is 0 Å². The zero-order valence-electron chi connectivity index (χ0n) is 12.4. The van der Waals surface area contributed by atoms with Gasteiger partial charge in [-0.05, 0) is 38.0 Å². The first-order valence-corrected chi connectivity index (χ1v) is 6.72. The molecule has 0 spiro atoms. The number of aliphatic hydroxyl groups is 1. The SMILES string of the molecule is CCOC(=O)C(CC)Oc1ccc([C@@H](C)O)cc1OC. The first-order valence-electron chi connectivity index (χ1n) is 6.72. The van der Waals surface area contributed by atoms with E-state index >= 15 is 0 Å². The Kier molecular flexibility index (Phi) is 6.31. The van der Waals surface area contributed by atoms with Crippen LogP contribution in [0.2, 0.25) is 0 Å². The third-order valence-electron chi connectivity index (χ3n) is 2.86. The quantitative estimate of drug-likeness (QED) is 0.778. The number of carbonyl (C=O) groups excluding carboxylic acids is 1. The smallest absolute Gasteiger partial charge is 0.347 e. The average molecular weight is 282 g/mol. The highest BCUT2D eigenvalue weighted by atomic mass is 16.6. The number of hydrogen-bond acceptors (Lipinski definition) is 5. The van der Waals surface area contributed by atoms with Crippen molar-refractivity contribution in [3.63, 3.8) is 0 Å². The second-order valence-corrected chi connectivity index (χ2v) is 4.35. The standard InChI is InChI=1S/C15H22O5/c1-5-12(15(17)19-6-2)20-13-8-7-11(10(3)16)9-14(13)18-4/h7-10,12,16H,5-6H2,1-4H3/t10-,12?/m1/s1. The van der Waals surface area contributed by atoms with Gasteiger partial charge in [0.15, 0.2) is 17.6 Å². The Labute approximate surface area is 119 Å². The molecule has 20 heavy (non-hydrogen) atoms. The summed E-state index contributed by atoms with van der Waals surface area (Å²) >= 11 is 0. The second kappa shape index (κ2) is 7.75. The lowest BCUT2D eigenvalue weighted by Crippen LogP contribution is -2.28. The van der Waals surface area contributed by atoms with Gasteiger partial charge in [-0.15, -0.1) is 0 Å². The molecule has 1 unspecified atom stereocenters. The maximum Gasteiger partial charge on any atom is 0.347 e. The Hall–Kier alpha value is -1.75. The first-order chi connectivity index (χ1) is 9.53. The molecule has 1 aromatic rings. The van der Waals surface area contributed by atoms with Crippen LogP contribution in [0.15, 0.2) is 18.2 Å². The van der Waals surface area contributed by atoms with Gasteiger partial charge in [-0.1, -0.05) is 13.0 Å². The fourth-order valence-electron chi connectivity index (χ4n) is 1.73. The van der Waals surface area contributed by atoms with Crippen LogP contribution in [0, 0.1) is 0 Å². The van der Waals surface area contributed by atoms with Crippen molar-refractivity contribution >= 4 is 5.97 Å². The zero-order chi connectivity index (χ0) is 15.1. The van der Waals surface area contributed by atoms with Crippen molar-refractivity contribution in [1.82, 2.24) is 0 Å². The van der Waals surface area contributed by atoms with Gasteiger partial charge in [0.05, 0.1) is 19.8 Å². The Morgan fingerprint density at radius 1 is 1.30 bits per heavy atom. The second-order valence-electron chi connectivity index (χ2n) is 4.35. The average Bonchev–Trinajstić information content (AvgIpc) is 2.44.